The first-order chi connectivity index (χ1) is 6.86. The highest BCUT2D eigenvalue weighted by molar-refractivity contribution is 4.84. The first-order valence-electron chi connectivity index (χ1n) is 5.10. The second kappa shape index (κ2) is 4.37. The molecule has 0 bridgehead atoms. The zero-order valence-corrected chi connectivity index (χ0v) is 8.15. The highest BCUT2D eigenvalue weighted by Gasteiger charge is 2.12. The molecular formula is C10H15N3O. The molecule has 2 rings (SSSR count). The van der Waals surface area contributed by atoms with E-state index in [1.54, 1.807) is 10.9 Å². The molecule has 4 nitrogen and oxygen atoms in total. The lowest BCUT2D eigenvalue weighted by Gasteiger charge is -2.23. The van der Waals surface area contributed by atoms with E-state index in [0.29, 0.717) is 6.04 Å². The second-order valence-electron chi connectivity index (χ2n) is 3.72. The molecule has 1 saturated heterocycles. The lowest BCUT2D eigenvalue weighted by molar-refractivity contribution is 0.358. The number of rotatable bonds is 2. The molecule has 14 heavy (non-hydrogen) atoms. The van der Waals surface area contributed by atoms with Gasteiger partial charge in [0.15, 0.2) is 0 Å². The molecule has 1 aliphatic heterocycles. The van der Waals surface area contributed by atoms with Gasteiger partial charge in [-0.15, -0.1) is 0 Å². The van der Waals surface area contributed by atoms with Gasteiger partial charge in [0.1, 0.15) is 0 Å². The molecule has 76 valence electrons. The minimum absolute atomic E-state index is 0.0346. The molecule has 0 aromatic carbocycles. The number of piperidine rings is 1. The van der Waals surface area contributed by atoms with Crippen molar-refractivity contribution in [3.8, 4) is 0 Å². The van der Waals surface area contributed by atoms with Crippen molar-refractivity contribution in [3.05, 3.63) is 28.9 Å². The molecule has 4 heteroatoms. The fourth-order valence-electron chi connectivity index (χ4n) is 1.83. The lowest BCUT2D eigenvalue weighted by Crippen LogP contribution is -2.39. The highest BCUT2D eigenvalue weighted by atomic mass is 16.1. The van der Waals surface area contributed by atoms with Crippen LogP contribution in [0.15, 0.2) is 23.4 Å². The quantitative estimate of drug-likeness (QED) is 0.739. The molecule has 1 N–H and O–H groups in total. The van der Waals surface area contributed by atoms with Crippen LogP contribution in [0.4, 0.5) is 0 Å². The predicted octanol–water partition coefficient (Wildman–Crippen LogP) is 0.385. The molecule has 1 aromatic heterocycles. The zero-order valence-electron chi connectivity index (χ0n) is 8.15. The largest absolute Gasteiger partial charge is 0.312 e. The van der Waals surface area contributed by atoms with Crippen molar-refractivity contribution in [2.24, 2.45) is 0 Å². The van der Waals surface area contributed by atoms with Crippen LogP contribution in [0.3, 0.4) is 0 Å². The maximum absolute atomic E-state index is 11.4. The Bertz CT molecular complexity index is 341. The zero-order chi connectivity index (χ0) is 9.80. The van der Waals surface area contributed by atoms with Crippen molar-refractivity contribution in [3.63, 3.8) is 0 Å². The van der Waals surface area contributed by atoms with Crippen LogP contribution < -0.4 is 10.9 Å². The van der Waals surface area contributed by atoms with Crippen molar-refractivity contribution in [2.45, 2.75) is 31.8 Å². The van der Waals surface area contributed by atoms with Gasteiger partial charge in [-0.25, -0.2) is 4.98 Å². The number of nitrogens with zero attached hydrogens (tertiary/aromatic N) is 2. The van der Waals surface area contributed by atoms with Gasteiger partial charge in [-0.3, -0.25) is 9.36 Å². The van der Waals surface area contributed by atoms with Crippen molar-refractivity contribution in [2.75, 3.05) is 6.54 Å². The summed E-state index contributed by atoms with van der Waals surface area (Å²) in [7, 11) is 0. The van der Waals surface area contributed by atoms with E-state index in [4.69, 9.17) is 0 Å². The van der Waals surface area contributed by atoms with Crippen molar-refractivity contribution < 1.29 is 0 Å². The summed E-state index contributed by atoms with van der Waals surface area (Å²) >= 11 is 0. The van der Waals surface area contributed by atoms with Crippen LogP contribution in [0.2, 0.25) is 0 Å². The molecule has 0 amide bonds. The fourth-order valence-corrected chi connectivity index (χ4v) is 1.83. The third-order valence-corrected chi connectivity index (χ3v) is 2.62. The smallest absolute Gasteiger partial charge is 0.253 e. The third kappa shape index (κ3) is 2.20. The summed E-state index contributed by atoms with van der Waals surface area (Å²) in [5.41, 5.74) is 0.0346. The van der Waals surface area contributed by atoms with Crippen LogP contribution in [0.5, 0.6) is 0 Å². The predicted molar refractivity (Wildman–Crippen MR) is 54.1 cm³/mol. The first-order valence-corrected chi connectivity index (χ1v) is 5.10. The van der Waals surface area contributed by atoms with Crippen molar-refractivity contribution in [1.82, 2.24) is 14.9 Å². The Balaban J connectivity index is 2.03. The monoisotopic (exact) mass is 193 g/mol. The van der Waals surface area contributed by atoms with E-state index in [-0.39, 0.29) is 5.56 Å². The SMILES string of the molecule is O=c1ccncn1CC1CCCCN1. The Morgan fingerprint density at radius 3 is 3.21 bits per heavy atom. The van der Waals surface area contributed by atoms with Gasteiger partial charge < -0.3 is 5.32 Å². The van der Waals surface area contributed by atoms with Crippen molar-refractivity contribution in [1.29, 1.82) is 0 Å². The topological polar surface area (TPSA) is 46.9 Å². The Morgan fingerprint density at radius 2 is 2.50 bits per heavy atom. The average Bonchev–Trinajstić information content (AvgIpc) is 2.23. The van der Waals surface area contributed by atoms with Gasteiger partial charge in [0.05, 0.1) is 6.33 Å². The second-order valence-corrected chi connectivity index (χ2v) is 3.72. The van der Waals surface area contributed by atoms with E-state index in [1.165, 1.54) is 25.1 Å². The summed E-state index contributed by atoms with van der Waals surface area (Å²) in [5, 5.41) is 3.41. The van der Waals surface area contributed by atoms with E-state index in [0.717, 1.165) is 19.5 Å². The van der Waals surface area contributed by atoms with Crippen LogP contribution in [-0.2, 0) is 6.54 Å². The minimum Gasteiger partial charge on any atom is -0.312 e. The fraction of sp³-hybridized carbons (Fsp3) is 0.600. The summed E-state index contributed by atoms with van der Waals surface area (Å²) in [6, 6.07) is 1.94. The van der Waals surface area contributed by atoms with E-state index in [2.05, 4.69) is 10.3 Å². The van der Waals surface area contributed by atoms with Gasteiger partial charge in [0.25, 0.3) is 5.56 Å². The molecule has 1 atom stereocenters. The Kier molecular flexibility index (Phi) is 2.93. The van der Waals surface area contributed by atoms with E-state index < -0.39 is 0 Å². The lowest BCUT2D eigenvalue weighted by atomic mass is 10.1. The Morgan fingerprint density at radius 1 is 1.57 bits per heavy atom. The molecule has 0 aliphatic carbocycles. The molecule has 1 aromatic rings. The normalized spacial score (nSPS) is 22.1. The summed E-state index contributed by atoms with van der Waals surface area (Å²) < 4.78 is 1.67. The highest BCUT2D eigenvalue weighted by Crippen LogP contribution is 2.07. The standard InChI is InChI=1S/C10H15N3O/c14-10-4-6-11-8-13(10)7-9-3-1-2-5-12-9/h4,6,8-9,12H,1-3,5,7H2. The molecule has 1 fully saturated rings. The van der Waals surface area contributed by atoms with Gasteiger partial charge in [-0.05, 0) is 19.4 Å². The molecule has 1 unspecified atom stereocenters. The number of hydrogen-bond donors (Lipinski definition) is 1. The van der Waals surface area contributed by atoms with Crippen LogP contribution in [0, 0.1) is 0 Å². The summed E-state index contributed by atoms with van der Waals surface area (Å²) in [4.78, 5) is 15.3. The van der Waals surface area contributed by atoms with Gasteiger partial charge in [0.2, 0.25) is 0 Å². The first kappa shape index (κ1) is 9.40. The number of aromatic nitrogens is 2. The molecule has 0 radical (unpaired) electrons. The van der Waals surface area contributed by atoms with Crippen LogP contribution >= 0.6 is 0 Å². The maximum atomic E-state index is 11.4. The van der Waals surface area contributed by atoms with Gasteiger partial charge >= 0.3 is 0 Å². The summed E-state index contributed by atoms with van der Waals surface area (Å²) in [6.45, 7) is 1.81. The number of nitrogens with one attached hydrogen (secondary N) is 1. The average molecular weight is 193 g/mol. The van der Waals surface area contributed by atoms with E-state index in [9.17, 15) is 4.79 Å². The molecule has 0 spiro atoms. The van der Waals surface area contributed by atoms with E-state index >= 15 is 0 Å². The molecular weight excluding hydrogens is 178 g/mol. The molecule has 1 aliphatic rings. The van der Waals surface area contributed by atoms with Crippen LogP contribution in [0.1, 0.15) is 19.3 Å². The number of hydrogen-bond acceptors (Lipinski definition) is 3. The van der Waals surface area contributed by atoms with Gasteiger partial charge in [0, 0.05) is 24.8 Å². The summed E-state index contributed by atoms with van der Waals surface area (Å²) in [5.74, 6) is 0. The molecule has 2 heterocycles. The van der Waals surface area contributed by atoms with Gasteiger partial charge in [-0.2, -0.15) is 0 Å². The van der Waals surface area contributed by atoms with E-state index in [1.807, 2.05) is 0 Å². The van der Waals surface area contributed by atoms with Gasteiger partial charge in [-0.1, -0.05) is 6.42 Å². The Hall–Kier alpha value is -1.16. The van der Waals surface area contributed by atoms with Crippen LogP contribution in [-0.4, -0.2) is 22.1 Å². The van der Waals surface area contributed by atoms with Crippen molar-refractivity contribution >= 4 is 0 Å². The molecule has 0 saturated carbocycles. The summed E-state index contributed by atoms with van der Waals surface area (Å²) in [6.07, 6.45) is 6.80. The Labute approximate surface area is 83.0 Å². The maximum Gasteiger partial charge on any atom is 0.253 e. The third-order valence-electron chi connectivity index (χ3n) is 2.62. The van der Waals surface area contributed by atoms with Crippen LogP contribution in [0.25, 0.3) is 0 Å². The minimum atomic E-state index is 0.0346.